The molecule has 0 spiro atoms. The maximum Gasteiger partial charge on any atom is 0.344 e. The molecule has 0 heterocycles. The molecule has 136 valence electrons. The van der Waals surface area contributed by atoms with E-state index in [-0.39, 0.29) is 12.7 Å². The van der Waals surface area contributed by atoms with Crippen molar-refractivity contribution < 1.29 is 19.1 Å². The average molecular weight is 328 g/mol. The monoisotopic (exact) mass is 328 g/mol. The molecular weight excluding hydrogens is 292 g/mol. The Morgan fingerprint density at radius 3 is 1.87 bits per heavy atom. The molecule has 0 fully saturated rings. The summed E-state index contributed by atoms with van der Waals surface area (Å²) in [6, 6.07) is 0. The maximum atomic E-state index is 11.6. The Hall–Kier alpha value is -1.06. The SMILES string of the molecule is CCCCCCCCCCCC(CCC)OC(=O)COC(C)=O. The Morgan fingerprint density at radius 2 is 1.35 bits per heavy atom. The third-order valence-electron chi connectivity index (χ3n) is 3.93. The van der Waals surface area contributed by atoms with E-state index in [0.717, 1.165) is 25.7 Å². The lowest BCUT2D eigenvalue weighted by Crippen LogP contribution is -2.22. The summed E-state index contributed by atoms with van der Waals surface area (Å²) in [6.45, 7) is 5.35. The van der Waals surface area contributed by atoms with Crippen LogP contribution in [0.25, 0.3) is 0 Å². The second-order valence-electron chi connectivity index (χ2n) is 6.30. The second-order valence-corrected chi connectivity index (χ2v) is 6.30. The van der Waals surface area contributed by atoms with Gasteiger partial charge in [-0.1, -0.05) is 71.6 Å². The highest BCUT2D eigenvalue weighted by Gasteiger charge is 2.14. The molecule has 0 aromatic heterocycles. The third kappa shape index (κ3) is 15.6. The molecule has 0 rings (SSSR count). The summed E-state index contributed by atoms with van der Waals surface area (Å²) < 4.78 is 10.1. The second kappa shape index (κ2) is 15.8. The van der Waals surface area contributed by atoms with E-state index in [9.17, 15) is 9.59 Å². The summed E-state index contributed by atoms with van der Waals surface area (Å²) in [5.41, 5.74) is 0. The van der Waals surface area contributed by atoms with Gasteiger partial charge in [-0.15, -0.1) is 0 Å². The van der Waals surface area contributed by atoms with Crippen molar-refractivity contribution in [2.75, 3.05) is 6.61 Å². The van der Waals surface area contributed by atoms with Gasteiger partial charge in [0.2, 0.25) is 0 Å². The summed E-state index contributed by atoms with van der Waals surface area (Å²) >= 11 is 0. The summed E-state index contributed by atoms with van der Waals surface area (Å²) in [5, 5.41) is 0. The van der Waals surface area contributed by atoms with Crippen LogP contribution in [0.5, 0.6) is 0 Å². The van der Waals surface area contributed by atoms with E-state index in [1.807, 2.05) is 0 Å². The molecule has 0 N–H and O–H groups in total. The smallest absolute Gasteiger partial charge is 0.344 e. The zero-order valence-corrected chi connectivity index (χ0v) is 15.4. The van der Waals surface area contributed by atoms with Crippen molar-refractivity contribution >= 4 is 11.9 Å². The fourth-order valence-corrected chi connectivity index (χ4v) is 2.65. The number of rotatable bonds is 15. The van der Waals surface area contributed by atoms with Gasteiger partial charge in [0.15, 0.2) is 6.61 Å². The summed E-state index contributed by atoms with van der Waals surface area (Å²) in [6.07, 6.45) is 14.4. The fourth-order valence-electron chi connectivity index (χ4n) is 2.65. The Bertz CT molecular complexity index is 302. The number of ether oxygens (including phenoxy) is 2. The zero-order valence-electron chi connectivity index (χ0n) is 15.4. The minimum atomic E-state index is -0.451. The zero-order chi connectivity index (χ0) is 17.3. The predicted octanol–water partition coefficient (Wildman–Crippen LogP) is 5.18. The quantitative estimate of drug-likeness (QED) is 0.307. The molecule has 0 saturated carbocycles. The Morgan fingerprint density at radius 1 is 0.783 bits per heavy atom. The lowest BCUT2D eigenvalue weighted by atomic mass is 10.0. The third-order valence-corrected chi connectivity index (χ3v) is 3.93. The molecule has 1 unspecified atom stereocenters. The van der Waals surface area contributed by atoms with Crippen LogP contribution in [0.1, 0.15) is 97.8 Å². The molecule has 0 radical (unpaired) electrons. The molecule has 23 heavy (non-hydrogen) atoms. The highest BCUT2D eigenvalue weighted by molar-refractivity contribution is 5.75. The number of unbranched alkanes of at least 4 members (excludes halogenated alkanes) is 8. The molecule has 0 aliphatic rings. The minimum absolute atomic E-state index is 0.0346. The lowest BCUT2D eigenvalue weighted by molar-refractivity contribution is -0.161. The molecular formula is C19H36O4. The van der Waals surface area contributed by atoms with E-state index in [0.29, 0.717) is 0 Å². The van der Waals surface area contributed by atoms with Crippen molar-refractivity contribution in [1.82, 2.24) is 0 Å². The number of hydrogen-bond acceptors (Lipinski definition) is 4. The fraction of sp³-hybridized carbons (Fsp3) is 0.895. The first-order chi connectivity index (χ1) is 11.1. The topological polar surface area (TPSA) is 52.6 Å². The van der Waals surface area contributed by atoms with Crippen molar-refractivity contribution in [3.63, 3.8) is 0 Å². The van der Waals surface area contributed by atoms with Crippen LogP contribution < -0.4 is 0 Å². The van der Waals surface area contributed by atoms with Gasteiger partial charge in [0.1, 0.15) is 6.10 Å². The van der Waals surface area contributed by atoms with Crippen LogP contribution in [-0.4, -0.2) is 24.6 Å². The molecule has 0 amide bonds. The molecule has 0 aliphatic carbocycles. The van der Waals surface area contributed by atoms with Gasteiger partial charge < -0.3 is 9.47 Å². The Kier molecular flexibility index (Phi) is 15.1. The van der Waals surface area contributed by atoms with Crippen molar-refractivity contribution in [2.24, 2.45) is 0 Å². The van der Waals surface area contributed by atoms with Crippen LogP contribution in [0, 0.1) is 0 Å². The Balaban J connectivity index is 3.67. The molecule has 0 aromatic carbocycles. The molecule has 4 heteroatoms. The molecule has 1 atom stereocenters. The van der Waals surface area contributed by atoms with Gasteiger partial charge in [0, 0.05) is 6.92 Å². The normalized spacial score (nSPS) is 12.0. The standard InChI is InChI=1S/C19H36O4/c1-4-6-7-8-9-10-11-12-13-15-18(14-5-2)23-19(21)16-22-17(3)20/h18H,4-16H2,1-3H3. The molecule has 0 saturated heterocycles. The van der Waals surface area contributed by atoms with E-state index in [1.165, 1.54) is 58.3 Å². The van der Waals surface area contributed by atoms with Crippen molar-refractivity contribution in [3.05, 3.63) is 0 Å². The molecule has 0 bridgehead atoms. The van der Waals surface area contributed by atoms with E-state index in [1.54, 1.807) is 0 Å². The van der Waals surface area contributed by atoms with Gasteiger partial charge in [-0.3, -0.25) is 4.79 Å². The van der Waals surface area contributed by atoms with Crippen LogP contribution in [0.3, 0.4) is 0 Å². The first kappa shape index (κ1) is 21.9. The van der Waals surface area contributed by atoms with Gasteiger partial charge in [-0.2, -0.15) is 0 Å². The van der Waals surface area contributed by atoms with Crippen molar-refractivity contribution in [1.29, 1.82) is 0 Å². The largest absolute Gasteiger partial charge is 0.460 e. The number of carbonyl (C=O) groups excluding carboxylic acids is 2. The van der Waals surface area contributed by atoms with Gasteiger partial charge in [-0.25, -0.2) is 4.79 Å². The van der Waals surface area contributed by atoms with Gasteiger partial charge in [0.25, 0.3) is 0 Å². The van der Waals surface area contributed by atoms with Crippen molar-refractivity contribution in [3.8, 4) is 0 Å². The average Bonchev–Trinajstić information content (AvgIpc) is 2.51. The van der Waals surface area contributed by atoms with E-state index < -0.39 is 11.9 Å². The highest BCUT2D eigenvalue weighted by atomic mass is 16.6. The van der Waals surface area contributed by atoms with Crippen LogP contribution in [0.2, 0.25) is 0 Å². The Labute approximate surface area is 142 Å². The van der Waals surface area contributed by atoms with E-state index in [4.69, 9.17) is 4.74 Å². The summed E-state index contributed by atoms with van der Waals surface area (Å²) in [5.74, 6) is -0.887. The van der Waals surface area contributed by atoms with E-state index >= 15 is 0 Å². The summed E-state index contributed by atoms with van der Waals surface area (Å²) in [4.78, 5) is 22.3. The van der Waals surface area contributed by atoms with Crippen LogP contribution in [-0.2, 0) is 19.1 Å². The highest BCUT2D eigenvalue weighted by Crippen LogP contribution is 2.15. The van der Waals surface area contributed by atoms with Crippen molar-refractivity contribution in [2.45, 2.75) is 104 Å². The summed E-state index contributed by atoms with van der Waals surface area (Å²) in [7, 11) is 0. The number of hydrogen-bond donors (Lipinski definition) is 0. The van der Waals surface area contributed by atoms with Crippen LogP contribution >= 0.6 is 0 Å². The maximum absolute atomic E-state index is 11.6. The molecule has 4 nitrogen and oxygen atoms in total. The van der Waals surface area contributed by atoms with Crippen LogP contribution in [0.4, 0.5) is 0 Å². The molecule has 0 aromatic rings. The predicted molar refractivity (Wildman–Crippen MR) is 93.3 cm³/mol. The van der Waals surface area contributed by atoms with Gasteiger partial charge in [0.05, 0.1) is 0 Å². The lowest BCUT2D eigenvalue weighted by Gasteiger charge is -2.17. The molecule has 0 aliphatic heterocycles. The minimum Gasteiger partial charge on any atom is -0.460 e. The van der Waals surface area contributed by atoms with Gasteiger partial charge in [-0.05, 0) is 19.3 Å². The van der Waals surface area contributed by atoms with Crippen LogP contribution in [0.15, 0.2) is 0 Å². The first-order valence-electron chi connectivity index (χ1n) is 9.43. The number of esters is 2. The van der Waals surface area contributed by atoms with Gasteiger partial charge >= 0.3 is 11.9 Å². The first-order valence-corrected chi connectivity index (χ1v) is 9.43. The number of carbonyl (C=O) groups is 2. The van der Waals surface area contributed by atoms with E-state index in [2.05, 4.69) is 18.6 Å².